The molecule has 1 saturated heterocycles. The van der Waals surface area contributed by atoms with Crippen molar-refractivity contribution in [3.8, 4) is 0 Å². The van der Waals surface area contributed by atoms with Crippen LogP contribution in [0.1, 0.15) is 30.4 Å². The molecule has 2 aliphatic heterocycles. The molecule has 1 fully saturated rings. The van der Waals surface area contributed by atoms with Crippen molar-refractivity contribution in [2.24, 2.45) is 10.7 Å². The first kappa shape index (κ1) is 17.7. The SMILES string of the molecule is NC1=NC(c2ccccc2)(c2ccccc2)C(=O)N1CCN1CCCCC1. The number of aliphatic imine (C=N–C) groups is 1. The third-order valence-electron chi connectivity index (χ3n) is 5.59. The summed E-state index contributed by atoms with van der Waals surface area (Å²) in [4.78, 5) is 22.4. The molecule has 0 bridgehead atoms. The Balaban J connectivity index is 1.65. The Morgan fingerprint density at radius 1 is 0.852 bits per heavy atom. The van der Waals surface area contributed by atoms with Crippen LogP contribution in [0.15, 0.2) is 65.7 Å². The van der Waals surface area contributed by atoms with Gasteiger partial charge in [-0.1, -0.05) is 67.1 Å². The maximum atomic E-state index is 13.6. The highest BCUT2D eigenvalue weighted by Gasteiger charge is 2.50. The van der Waals surface area contributed by atoms with Crippen LogP contribution in [-0.2, 0) is 10.3 Å². The number of nitrogens with zero attached hydrogens (tertiary/aromatic N) is 3. The molecule has 0 aliphatic carbocycles. The van der Waals surface area contributed by atoms with Crippen LogP contribution in [0.25, 0.3) is 0 Å². The number of carbonyl (C=O) groups is 1. The fourth-order valence-corrected chi connectivity index (χ4v) is 4.12. The summed E-state index contributed by atoms with van der Waals surface area (Å²) in [6.07, 6.45) is 3.76. The molecule has 2 N–H and O–H groups in total. The van der Waals surface area contributed by atoms with Crippen molar-refractivity contribution < 1.29 is 4.79 Å². The van der Waals surface area contributed by atoms with E-state index in [0.29, 0.717) is 12.5 Å². The van der Waals surface area contributed by atoms with Crippen LogP contribution in [-0.4, -0.2) is 47.8 Å². The molecular weight excluding hydrogens is 336 g/mol. The molecule has 2 aromatic rings. The molecule has 140 valence electrons. The largest absolute Gasteiger partial charge is 0.369 e. The maximum absolute atomic E-state index is 13.6. The van der Waals surface area contributed by atoms with Gasteiger partial charge in [0.25, 0.3) is 5.91 Å². The van der Waals surface area contributed by atoms with E-state index in [1.165, 1.54) is 19.3 Å². The van der Waals surface area contributed by atoms with Gasteiger partial charge in [-0.05, 0) is 37.1 Å². The van der Waals surface area contributed by atoms with E-state index in [0.717, 1.165) is 30.8 Å². The Morgan fingerprint density at radius 3 is 1.96 bits per heavy atom. The highest BCUT2D eigenvalue weighted by molar-refractivity contribution is 6.09. The lowest BCUT2D eigenvalue weighted by molar-refractivity contribution is -0.130. The minimum absolute atomic E-state index is 0.0607. The number of guanidine groups is 1. The Morgan fingerprint density at radius 2 is 1.41 bits per heavy atom. The third kappa shape index (κ3) is 3.23. The minimum atomic E-state index is -1.09. The van der Waals surface area contributed by atoms with E-state index in [1.807, 2.05) is 60.7 Å². The smallest absolute Gasteiger partial charge is 0.266 e. The van der Waals surface area contributed by atoms with E-state index < -0.39 is 5.54 Å². The lowest BCUT2D eigenvalue weighted by Gasteiger charge is -2.30. The summed E-state index contributed by atoms with van der Waals surface area (Å²) in [5.74, 6) is 0.249. The quantitative estimate of drug-likeness (QED) is 0.889. The summed E-state index contributed by atoms with van der Waals surface area (Å²) >= 11 is 0. The van der Waals surface area contributed by atoms with Crippen LogP contribution in [0.4, 0.5) is 0 Å². The summed E-state index contributed by atoms with van der Waals surface area (Å²) in [5.41, 5.74) is 6.89. The van der Waals surface area contributed by atoms with Gasteiger partial charge in [-0.25, -0.2) is 4.99 Å². The molecule has 2 aromatic carbocycles. The molecule has 0 radical (unpaired) electrons. The first-order valence-corrected chi connectivity index (χ1v) is 9.72. The van der Waals surface area contributed by atoms with E-state index in [9.17, 15) is 4.79 Å². The normalized spacial score (nSPS) is 19.9. The average molecular weight is 362 g/mol. The van der Waals surface area contributed by atoms with Crippen molar-refractivity contribution in [3.63, 3.8) is 0 Å². The molecule has 0 spiro atoms. The molecule has 0 atom stereocenters. The molecule has 1 amide bonds. The van der Waals surface area contributed by atoms with Gasteiger partial charge in [0.1, 0.15) is 0 Å². The zero-order valence-electron chi connectivity index (χ0n) is 15.6. The van der Waals surface area contributed by atoms with Crippen molar-refractivity contribution in [1.82, 2.24) is 9.80 Å². The topological polar surface area (TPSA) is 61.9 Å². The number of amides is 1. The third-order valence-corrected chi connectivity index (χ3v) is 5.59. The van der Waals surface area contributed by atoms with Gasteiger partial charge < -0.3 is 10.6 Å². The van der Waals surface area contributed by atoms with E-state index >= 15 is 0 Å². The molecule has 2 aliphatic rings. The molecule has 4 rings (SSSR count). The predicted molar refractivity (Wildman–Crippen MR) is 107 cm³/mol. The van der Waals surface area contributed by atoms with Crippen molar-refractivity contribution in [2.45, 2.75) is 24.8 Å². The standard InChI is InChI=1S/C22H26N4O/c23-21-24-22(18-10-4-1-5-11-18,19-12-6-2-7-13-19)20(27)26(21)17-16-25-14-8-3-9-15-25/h1-2,4-7,10-13H,3,8-9,14-17H2,(H2,23,24). The van der Waals surface area contributed by atoms with Crippen LogP contribution in [0.3, 0.4) is 0 Å². The van der Waals surface area contributed by atoms with Gasteiger partial charge in [0.15, 0.2) is 11.5 Å². The summed E-state index contributed by atoms with van der Waals surface area (Å²) in [6, 6.07) is 19.5. The van der Waals surface area contributed by atoms with Gasteiger partial charge in [-0.2, -0.15) is 0 Å². The first-order chi connectivity index (χ1) is 13.2. The number of nitrogens with two attached hydrogens (primary N) is 1. The molecule has 2 heterocycles. The number of rotatable bonds is 5. The second kappa shape index (κ2) is 7.53. The van der Waals surface area contributed by atoms with Crippen molar-refractivity contribution in [1.29, 1.82) is 0 Å². The highest BCUT2D eigenvalue weighted by atomic mass is 16.2. The molecular formula is C22H26N4O. The lowest BCUT2D eigenvalue weighted by atomic mass is 9.83. The molecule has 5 nitrogen and oxygen atoms in total. The van der Waals surface area contributed by atoms with Gasteiger partial charge in [0.2, 0.25) is 0 Å². The van der Waals surface area contributed by atoms with Crippen molar-refractivity contribution in [2.75, 3.05) is 26.2 Å². The van der Waals surface area contributed by atoms with Gasteiger partial charge in [-0.3, -0.25) is 9.69 Å². The van der Waals surface area contributed by atoms with Crippen LogP contribution in [0.2, 0.25) is 0 Å². The fraction of sp³-hybridized carbons (Fsp3) is 0.364. The second-order valence-electron chi connectivity index (χ2n) is 7.27. The number of hydrogen-bond acceptors (Lipinski definition) is 4. The van der Waals surface area contributed by atoms with E-state index in [-0.39, 0.29) is 5.91 Å². The number of benzene rings is 2. The molecule has 0 saturated carbocycles. The number of likely N-dealkylation sites (tertiary alicyclic amines) is 1. The Hall–Kier alpha value is -2.66. The Labute approximate surface area is 160 Å². The van der Waals surface area contributed by atoms with Crippen molar-refractivity contribution >= 4 is 11.9 Å². The average Bonchev–Trinajstić information content (AvgIpc) is 2.99. The van der Waals surface area contributed by atoms with E-state index in [1.54, 1.807) is 4.90 Å². The second-order valence-corrected chi connectivity index (χ2v) is 7.27. The van der Waals surface area contributed by atoms with Gasteiger partial charge in [0.05, 0.1) is 0 Å². The zero-order valence-corrected chi connectivity index (χ0v) is 15.6. The lowest BCUT2D eigenvalue weighted by Crippen LogP contribution is -2.47. The predicted octanol–water partition coefficient (Wildman–Crippen LogP) is 2.57. The number of piperidine rings is 1. The molecule has 27 heavy (non-hydrogen) atoms. The summed E-state index contributed by atoms with van der Waals surface area (Å²) in [7, 11) is 0. The van der Waals surface area contributed by atoms with Gasteiger partial charge >= 0.3 is 0 Å². The highest BCUT2D eigenvalue weighted by Crippen LogP contribution is 2.39. The van der Waals surface area contributed by atoms with Crippen LogP contribution in [0.5, 0.6) is 0 Å². The van der Waals surface area contributed by atoms with Crippen LogP contribution < -0.4 is 5.73 Å². The van der Waals surface area contributed by atoms with E-state index in [2.05, 4.69) is 4.90 Å². The van der Waals surface area contributed by atoms with Crippen LogP contribution >= 0.6 is 0 Å². The Bertz CT molecular complexity index is 773. The maximum Gasteiger partial charge on any atom is 0.266 e. The number of hydrogen-bond donors (Lipinski definition) is 1. The zero-order chi connectivity index (χ0) is 18.7. The first-order valence-electron chi connectivity index (χ1n) is 9.72. The van der Waals surface area contributed by atoms with Gasteiger partial charge in [0, 0.05) is 13.1 Å². The molecule has 0 aromatic heterocycles. The summed E-state index contributed by atoms with van der Waals surface area (Å²) in [6.45, 7) is 3.61. The molecule has 5 heteroatoms. The summed E-state index contributed by atoms with van der Waals surface area (Å²) < 4.78 is 0. The molecule has 0 unspecified atom stereocenters. The summed E-state index contributed by atoms with van der Waals surface area (Å²) in [5, 5.41) is 0. The van der Waals surface area contributed by atoms with Crippen LogP contribution in [0, 0.1) is 0 Å². The van der Waals surface area contributed by atoms with Crippen molar-refractivity contribution in [3.05, 3.63) is 71.8 Å². The number of carbonyl (C=O) groups excluding carboxylic acids is 1. The van der Waals surface area contributed by atoms with E-state index in [4.69, 9.17) is 10.7 Å². The fourth-order valence-electron chi connectivity index (χ4n) is 4.12. The van der Waals surface area contributed by atoms with Gasteiger partial charge in [-0.15, -0.1) is 0 Å². The monoisotopic (exact) mass is 362 g/mol. The minimum Gasteiger partial charge on any atom is -0.369 e. The Kier molecular flexibility index (Phi) is 4.94.